The summed E-state index contributed by atoms with van der Waals surface area (Å²) in [5.74, 6) is 0.755. The molecule has 18 heavy (non-hydrogen) atoms. The van der Waals surface area contributed by atoms with Crippen molar-refractivity contribution in [2.24, 2.45) is 0 Å². The first kappa shape index (κ1) is 12.8. The minimum Gasteiger partial charge on any atom is -0.333 e. The molecule has 1 aliphatic rings. The molecular weight excluding hydrogens is 230 g/mol. The molecular formula is C13H19N3O2. The first-order valence-electron chi connectivity index (χ1n) is 6.49. The van der Waals surface area contributed by atoms with E-state index in [-0.39, 0.29) is 17.5 Å². The second-order valence-corrected chi connectivity index (χ2v) is 4.72. The molecule has 1 saturated heterocycles. The van der Waals surface area contributed by atoms with Gasteiger partial charge < -0.3 is 9.88 Å². The van der Waals surface area contributed by atoms with Crippen LogP contribution in [0, 0.1) is 6.92 Å². The molecule has 1 N–H and O–H groups in total. The van der Waals surface area contributed by atoms with Crippen molar-refractivity contribution in [3.63, 3.8) is 0 Å². The van der Waals surface area contributed by atoms with Gasteiger partial charge in [-0.15, -0.1) is 0 Å². The molecule has 1 atom stereocenters. The van der Waals surface area contributed by atoms with E-state index < -0.39 is 0 Å². The van der Waals surface area contributed by atoms with Gasteiger partial charge in [-0.1, -0.05) is 6.92 Å². The van der Waals surface area contributed by atoms with Gasteiger partial charge in [0.15, 0.2) is 0 Å². The number of nitrogens with zero attached hydrogens (tertiary/aromatic N) is 2. The van der Waals surface area contributed by atoms with Crippen molar-refractivity contribution >= 4 is 5.91 Å². The Labute approximate surface area is 106 Å². The first-order chi connectivity index (χ1) is 8.61. The Morgan fingerprint density at radius 1 is 1.56 bits per heavy atom. The number of amides is 1. The van der Waals surface area contributed by atoms with E-state index in [0.717, 1.165) is 25.8 Å². The molecule has 0 radical (unpaired) electrons. The summed E-state index contributed by atoms with van der Waals surface area (Å²) in [7, 11) is 0. The van der Waals surface area contributed by atoms with E-state index in [1.54, 1.807) is 6.92 Å². The number of aromatic amines is 1. The summed E-state index contributed by atoms with van der Waals surface area (Å²) in [6, 6.07) is 1.40. The van der Waals surface area contributed by atoms with E-state index in [1.165, 1.54) is 6.07 Å². The number of hydrogen-bond acceptors (Lipinski definition) is 3. The second kappa shape index (κ2) is 5.33. The molecule has 0 spiro atoms. The smallest absolute Gasteiger partial charge is 0.251 e. The molecule has 5 heteroatoms. The highest BCUT2D eigenvalue weighted by molar-refractivity contribution is 5.76. The summed E-state index contributed by atoms with van der Waals surface area (Å²) >= 11 is 0. The largest absolute Gasteiger partial charge is 0.333 e. The molecule has 1 fully saturated rings. The highest BCUT2D eigenvalue weighted by Crippen LogP contribution is 2.28. The third-order valence-electron chi connectivity index (χ3n) is 3.33. The fourth-order valence-corrected chi connectivity index (χ4v) is 2.48. The van der Waals surface area contributed by atoms with Gasteiger partial charge in [-0.25, -0.2) is 4.98 Å². The monoisotopic (exact) mass is 249 g/mol. The lowest BCUT2D eigenvalue weighted by Gasteiger charge is -2.34. The first-order valence-corrected chi connectivity index (χ1v) is 6.49. The fraction of sp³-hybridized carbons (Fsp3) is 0.615. The number of hydrogen-bond donors (Lipinski definition) is 1. The van der Waals surface area contributed by atoms with E-state index in [9.17, 15) is 9.59 Å². The third-order valence-corrected chi connectivity index (χ3v) is 3.33. The van der Waals surface area contributed by atoms with E-state index >= 15 is 0 Å². The Kier molecular flexibility index (Phi) is 3.79. The summed E-state index contributed by atoms with van der Waals surface area (Å²) in [4.78, 5) is 32.4. The minimum atomic E-state index is -0.146. The Hall–Kier alpha value is -1.65. The molecule has 98 valence electrons. The summed E-state index contributed by atoms with van der Waals surface area (Å²) in [5.41, 5.74) is 0.551. The van der Waals surface area contributed by atoms with Crippen LogP contribution in [0.2, 0.25) is 0 Å². The second-order valence-electron chi connectivity index (χ2n) is 4.72. The average Bonchev–Trinajstić information content (AvgIpc) is 2.36. The Bertz CT molecular complexity index is 495. The van der Waals surface area contributed by atoms with Gasteiger partial charge in [-0.05, 0) is 26.2 Å². The summed E-state index contributed by atoms with van der Waals surface area (Å²) in [6.07, 6.45) is 3.46. The van der Waals surface area contributed by atoms with Gasteiger partial charge in [0.1, 0.15) is 5.82 Å². The molecule has 1 aromatic rings. The molecule has 1 amide bonds. The molecule has 1 aromatic heterocycles. The number of carbonyl (C=O) groups excluding carboxylic acids is 1. The van der Waals surface area contributed by atoms with Gasteiger partial charge in [0.25, 0.3) is 5.56 Å². The predicted octanol–water partition coefficient (Wildman–Crippen LogP) is 1.54. The predicted molar refractivity (Wildman–Crippen MR) is 68.2 cm³/mol. The number of H-pyrrole nitrogens is 1. The van der Waals surface area contributed by atoms with Crippen molar-refractivity contribution in [1.29, 1.82) is 0 Å². The van der Waals surface area contributed by atoms with Crippen LogP contribution in [0.3, 0.4) is 0 Å². The van der Waals surface area contributed by atoms with Crippen molar-refractivity contribution in [3.8, 4) is 0 Å². The normalized spacial score (nSPS) is 19.9. The lowest BCUT2D eigenvalue weighted by molar-refractivity contribution is -0.134. The van der Waals surface area contributed by atoms with Crippen molar-refractivity contribution in [2.75, 3.05) is 6.54 Å². The molecule has 1 unspecified atom stereocenters. The zero-order valence-corrected chi connectivity index (χ0v) is 10.9. The summed E-state index contributed by atoms with van der Waals surface area (Å²) < 4.78 is 0. The van der Waals surface area contributed by atoms with Gasteiger partial charge in [0.05, 0.1) is 6.04 Å². The quantitative estimate of drug-likeness (QED) is 0.864. The van der Waals surface area contributed by atoms with Crippen molar-refractivity contribution < 1.29 is 4.79 Å². The lowest BCUT2D eigenvalue weighted by Crippen LogP contribution is -2.39. The highest BCUT2D eigenvalue weighted by Gasteiger charge is 2.28. The van der Waals surface area contributed by atoms with Crippen molar-refractivity contribution in [3.05, 3.63) is 27.9 Å². The number of aromatic nitrogens is 2. The molecule has 2 rings (SSSR count). The zero-order valence-electron chi connectivity index (χ0n) is 10.9. The molecule has 1 aliphatic heterocycles. The van der Waals surface area contributed by atoms with Crippen molar-refractivity contribution in [2.45, 2.75) is 45.6 Å². The van der Waals surface area contributed by atoms with E-state index in [2.05, 4.69) is 9.97 Å². The van der Waals surface area contributed by atoms with Crippen LogP contribution in [-0.2, 0) is 4.79 Å². The molecule has 5 nitrogen and oxygen atoms in total. The lowest BCUT2D eigenvalue weighted by atomic mass is 10.0. The fourth-order valence-electron chi connectivity index (χ4n) is 2.48. The van der Waals surface area contributed by atoms with Crippen LogP contribution in [-0.4, -0.2) is 27.3 Å². The number of nitrogens with one attached hydrogen (secondary N) is 1. The maximum absolute atomic E-state index is 11.9. The van der Waals surface area contributed by atoms with Gasteiger partial charge in [0, 0.05) is 24.7 Å². The number of rotatable bonds is 2. The van der Waals surface area contributed by atoms with Crippen molar-refractivity contribution in [1.82, 2.24) is 14.9 Å². The van der Waals surface area contributed by atoms with Gasteiger partial charge in [-0.2, -0.15) is 0 Å². The molecule has 0 saturated carbocycles. The summed E-state index contributed by atoms with van der Waals surface area (Å²) in [5, 5.41) is 0. The van der Waals surface area contributed by atoms with Gasteiger partial charge in [0.2, 0.25) is 5.91 Å². The van der Waals surface area contributed by atoms with E-state index in [0.29, 0.717) is 17.9 Å². The van der Waals surface area contributed by atoms with E-state index in [1.807, 2.05) is 11.8 Å². The Morgan fingerprint density at radius 2 is 2.33 bits per heavy atom. The number of likely N-dealkylation sites (tertiary alicyclic amines) is 1. The van der Waals surface area contributed by atoms with Gasteiger partial charge >= 0.3 is 0 Å². The minimum absolute atomic E-state index is 0.0706. The van der Waals surface area contributed by atoms with Gasteiger partial charge in [-0.3, -0.25) is 9.59 Å². The topological polar surface area (TPSA) is 66.1 Å². The van der Waals surface area contributed by atoms with Crippen LogP contribution in [0.15, 0.2) is 10.9 Å². The van der Waals surface area contributed by atoms with Crippen LogP contribution < -0.4 is 5.56 Å². The standard InChI is InChI=1S/C13H19N3O2/c1-3-12(18)16-7-5-4-6-10(16)13-14-9(2)8-11(17)15-13/h8,10H,3-7H2,1-2H3,(H,14,15,17). The number of piperidine rings is 1. The summed E-state index contributed by atoms with van der Waals surface area (Å²) in [6.45, 7) is 4.42. The number of carbonyl (C=O) groups is 1. The molecule has 0 aliphatic carbocycles. The average molecular weight is 249 g/mol. The van der Waals surface area contributed by atoms with Crippen LogP contribution in [0.4, 0.5) is 0 Å². The van der Waals surface area contributed by atoms with Crippen LogP contribution >= 0.6 is 0 Å². The molecule has 0 aromatic carbocycles. The van der Waals surface area contributed by atoms with Crippen LogP contribution in [0.1, 0.15) is 50.2 Å². The zero-order chi connectivity index (χ0) is 13.1. The molecule has 0 bridgehead atoms. The van der Waals surface area contributed by atoms with Crippen LogP contribution in [0.5, 0.6) is 0 Å². The number of aryl methyl sites for hydroxylation is 1. The highest BCUT2D eigenvalue weighted by atomic mass is 16.2. The Morgan fingerprint density at radius 3 is 3.00 bits per heavy atom. The SMILES string of the molecule is CCC(=O)N1CCCCC1c1nc(C)cc(=O)[nH]1. The van der Waals surface area contributed by atoms with Crippen LogP contribution in [0.25, 0.3) is 0 Å². The maximum atomic E-state index is 11.9. The maximum Gasteiger partial charge on any atom is 0.251 e. The third kappa shape index (κ3) is 2.60. The molecule has 2 heterocycles. The Balaban J connectivity index is 2.33. The van der Waals surface area contributed by atoms with E-state index in [4.69, 9.17) is 0 Å².